The minimum absolute atomic E-state index is 0.0477. The largest absolute Gasteiger partial charge is 0.299 e. The number of rotatable bonds is 4. The second kappa shape index (κ2) is 5.90. The van der Waals surface area contributed by atoms with Crippen LogP contribution in [0.4, 0.5) is 5.69 Å². The van der Waals surface area contributed by atoms with E-state index < -0.39 is 20.6 Å². The normalized spacial score (nSPS) is 20.4. The van der Waals surface area contributed by atoms with Gasteiger partial charge in [0.15, 0.2) is 4.90 Å². The molecule has 1 fully saturated rings. The zero-order chi connectivity index (χ0) is 15.6. The predicted octanol–water partition coefficient (Wildman–Crippen LogP) is 1.58. The van der Waals surface area contributed by atoms with Gasteiger partial charge in [0.05, 0.1) is 4.92 Å². The first-order valence-corrected chi connectivity index (χ1v) is 8.08. The molecule has 0 radical (unpaired) electrons. The number of Topliss-reactive ketones (excluding diaryl/α,β-unsaturated/α-hetero) is 1. The molecule has 0 aromatic heterocycles. The van der Waals surface area contributed by atoms with Crippen molar-refractivity contribution in [1.82, 2.24) is 4.31 Å². The molecule has 1 aliphatic heterocycles. The van der Waals surface area contributed by atoms with Crippen LogP contribution in [0.5, 0.6) is 0 Å². The van der Waals surface area contributed by atoms with Crippen LogP contribution in [0.3, 0.4) is 0 Å². The summed E-state index contributed by atoms with van der Waals surface area (Å²) in [7, 11) is -3.96. The molecule has 0 amide bonds. The number of hydrogen-bond acceptors (Lipinski definition) is 5. The van der Waals surface area contributed by atoms with Gasteiger partial charge < -0.3 is 0 Å². The van der Waals surface area contributed by atoms with E-state index in [9.17, 15) is 23.3 Å². The number of hydrogen-bond donors (Lipinski definition) is 0. The summed E-state index contributed by atoms with van der Waals surface area (Å²) in [6.07, 6.45) is 0.708. The van der Waals surface area contributed by atoms with Gasteiger partial charge in [0.1, 0.15) is 5.78 Å². The van der Waals surface area contributed by atoms with Gasteiger partial charge in [-0.1, -0.05) is 19.1 Å². The number of nitrogens with zero attached hydrogens (tertiary/aromatic N) is 2. The molecule has 0 aliphatic carbocycles. The zero-order valence-corrected chi connectivity index (χ0v) is 12.4. The summed E-state index contributed by atoms with van der Waals surface area (Å²) in [4.78, 5) is 21.6. The minimum atomic E-state index is -3.96. The van der Waals surface area contributed by atoms with Crippen LogP contribution in [0.15, 0.2) is 29.2 Å². The Morgan fingerprint density at radius 3 is 2.67 bits per heavy atom. The van der Waals surface area contributed by atoms with E-state index in [1.807, 2.05) is 6.92 Å². The number of ketones is 1. The third-order valence-corrected chi connectivity index (χ3v) is 5.57. The monoisotopic (exact) mass is 312 g/mol. The first-order valence-electron chi connectivity index (χ1n) is 6.64. The molecule has 1 heterocycles. The van der Waals surface area contributed by atoms with Gasteiger partial charge >= 0.3 is 0 Å². The molecule has 7 nitrogen and oxygen atoms in total. The van der Waals surface area contributed by atoms with E-state index in [0.717, 1.165) is 0 Å². The van der Waals surface area contributed by atoms with Crippen molar-refractivity contribution in [2.24, 2.45) is 5.92 Å². The van der Waals surface area contributed by atoms with Crippen molar-refractivity contribution in [2.75, 3.05) is 13.1 Å². The third kappa shape index (κ3) is 2.96. The molecule has 1 aliphatic rings. The lowest BCUT2D eigenvalue weighted by atomic mass is 9.96. The fourth-order valence-electron chi connectivity index (χ4n) is 2.42. The average molecular weight is 312 g/mol. The van der Waals surface area contributed by atoms with Crippen LogP contribution in [0.1, 0.15) is 19.8 Å². The minimum Gasteiger partial charge on any atom is -0.299 e. The molecule has 0 spiro atoms. The highest BCUT2D eigenvalue weighted by molar-refractivity contribution is 7.89. The number of piperidine rings is 1. The Morgan fingerprint density at radius 1 is 1.38 bits per heavy atom. The lowest BCUT2D eigenvalue weighted by Crippen LogP contribution is -2.43. The van der Waals surface area contributed by atoms with Gasteiger partial charge in [-0.15, -0.1) is 0 Å². The molecule has 1 atom stereocenters. The van der Waals surface area contributed by atoms with Gasteiger partial charge in [-0.3, -0.25) is 14.9 Å². The number of nitro benzene ring substituents is 1. The fraction of sp³-hybridized carbons (Fsp3) is 0.462. The lowest BCUT2D eigenvalue weighted by molar-refractivity contribution is -0.387. The molecule has 0 N–H and O–H groups in total. The average Bonchev–Trinajstić information content (AvgIpc) is 2.47. The molecule has 1 aromatic rings. The summed E-state index contributed by atoms with van der Waals surface area (Å²) in [6, 6.07) is 5.27. The van der Waals surface area contributed by atoms with E-state index in [2.05, 4.69) is 0 Å². The van der Waals surface area contributed by atoms with Crippen LogP contribution < -0.4 is 0 Å². The van der Waals surface area contributed by atoms with E-state index in [1.165, 1.54) is 28.6 Å². The summed E-state index contributed by atoms with van der Waals surface area (Å²) >= 11 is 0. The topological polar surface area (TPSA) is 97.6 Å². The van der Waals surface area contributed by atoms with Crippen LogP contribution >= 0.6 is 0 Å². The van der Waals surface area contributed by atoms with Crippen molar-refractivity contribution < 1.29 is 18.1 Å². The van der Waals surface area contributed by atoms with Crippen molar-refractivity contribution in [1.29, 1.82) is 0 Å². The first kappa shape index (κ1) is 15.6. The van der Waals surface area contributed by atoms with E-state index >= 15 is 0 Å². The highest BCUT2D eigenvalue weighted by Gasteiger charge is 2.36. The van der Waals surface area contributed by atoms with Crippen LogP contribution in [-0.2, 0) is 14.8 Å². The highest BCUT2D eigenvalue weighted by Crippen LogP contribution is 2.29. The zero-order valence-electron chi connectivity index (χ0n) is 11.6. The SMILES string of the molecule is CCC1CN(S(=O)(=O)c2ccccc2[N+](=O)[O-])CCC1=O. The maximum atomic E-state index is 12.6. The van der Waals surface area contributed by atoms with Crippen molar-refractivity contribution in [3.8, 4) is 0 Å². The number of sulfonamides is 1. The fourth-order valence-corrected chi connectivity index (χ4v) is 4.06. The summed E-state index contributed by atoms with van der Waals surface area (Å²) in [6.45, 7) is 1.98. The van der Waals surface area contributed by atoms with E-state index in [0.29, 0.717) is 6.42 Å². The second-order valence-corrected chi connectivity index (χ2v) is 6.82. The number of para-hydroxylation sites is 1. The van der Waals surface area contributed by atoms with Gasteiger partial charge in [0.2, 0.25) is 10.0 Å². The second-order valence-electron chi connectivity index (χ2n) is 4.91. The molecule has 114 valence electrons. The van der Waals surface area contributed by atoms with Crippen molar-refractivity contribution in [2.45, 2.75) is 24.7 Å². The van der Waals surface area contributed by atoms with Gasteiger partial charge in [-0.25, -0.2) is 8.42 Å². The smallest absolute Gasteiger partial charge is 0.289 e. The molecule has 0 bridgehead atoms. The lowest BCUT2D eigenvalue weighted by Gasteiger charge is -2.30. The summed E-state index contributed by atoms with van der Waals surface area (Å²) < 4.78 is 26.4. The van der Waals surface area contributed by atoms with E-state index in [1.54, 1.807) is 0 Å². The number of nitro groups is 1. The molecule has 21 heavy (non-hydrogen) atoms. The Bertz CT molecular complexity index is 671. The summed E-state index contributed by atoms with van der Waals surface area (Å²) in [5.74, 6) is -0.289. The number of carbonyl (C=O) groups is 1. The third-order valence-electron chi connectivity index (χ3n) is 3.66. The van der Waals surface area contributed by atoms with E-state index in [4.69, 9.17) is 0 Å². The molecule has 8 heteroatoms. The maximum Gasteiger partial charge on any atom is 0.289 e. The highest BCUT2D eigenvalue weighted by atomic mass is 32.2. The Kier molecular flexibility index (Phi) is 4.38. The van der Waals surface area contributed by atoms with E-state index in [-0.39, 0.29) is 36.1 Å². The predicted molar refractivity (Wildman–Crippen MR) is 75.3 cm³/mol. The standard InChI is InChI=1S/C13H16N2O5S/c1-2-10-9-14(8-7-12(10)16)21(19,20)13-6-4-3-5-11(13)15(17)18/h3-6,10H,2,7-9H2,1H3. The Morgan fingerprint density at radius 2 is 2.05 bits per heavy atom. The quantitative estimate of drug-likeness (QED) is 0.621. The van der Waals surface area contributed by atoms with Gasteiger partial charge in [0.25, 0.3) is 5.69 Å². The Balaban J connectivity index is 2.39. The van der Waals surface area contributed by atoms with Crippen LogP contribution in [-0.4, -0.2) is 36.5 Å². The Labute approximate surface area is 122 Å². The molecule has 1 aromatic carbocycles. The van der Waals surface area contributed by atoms with Gasteiger partial charge in [-0.05, 0) is 12.5 Å². The van der Waals surface area contributed by atoms with Crippen LogP contribution in [0, 0.1) is 16.0 Å². The number of benzene rings is 1. The van der Waals surface area contributed by atoms with Crippen molar-refractivity contribution in [3.05, 3.63) is 34.4 Å². The van der Waals surface area contributed by atoms with Crippen molar-refractivity contribution in [3.63, 3.8) is 0 Å². The molecular formula is C13H16N2O5S. The Hall–Kier alpha value is -1.80. The first-order chi connectivity index (χ1) is 9.87. The maximum absolute atomic E-state index is 12.6. The molecule has 1 unspecified atom stereocenters. The van der Waals surface area contributed by atoms with Gasteiger partial charge in [-0.2, -0.15) is 4.31 Å². The molecule has 0 saturated carbocycles. The number of carbonyl (C=O) groups excluding carboxylic acids is 1. The summed E-state index contributed by atoms with van der Waals surface area (Å²) in [5, 5.41) is 11.0. The molecule has 2 rings (SSSR count). The van der Waals surface area contributed by atoms with Crippen LogP contribution in [0.25, 0.3) is 0 Å². The molecular weight excluding hydrogens is 296 g/mol. The molecule has 1 saturated heterocycles. The van der Waals surface area contributed by atoms with Crippen LogP contribution in [0.2, 0.25) is 0 Å². The summed E-state index contributed by atoms with van der Waals surface area (Å²) in [5.41, 5.74) is -0.442. The van der Waals surface area contributed by atoms with Crippen molar-refractivity contribution >= 4 is 21.5 Å². The van der Waals surface area contributed by atoms with Gasteiger partial charge in [0, 0.05) is 31.5 Å².